The Morgan fingerprint density at radius 3 is 3.27 bits per heavy atom. The number of ether oxygens (including phenoxy) is 1. The van der Waals surface area contributed by atoms with E-state index in [1.54, 1.807) is 10.9 Å². The zero-order valence-electron chi connectivity index (χ0n) is 11.7. The van der Waals surface area contributed by atoms with Crippen LogP contribution < -0.4 is 11.3 Å². The van der Waals surface area contributed by atoms with Crippen molar-refractivity contribution in [2.45, 2.75) is 25.7 Å². The van der Waals surface area contributed by atoms with Crippen molar-refractivity contribution in [1.82, 2.24) is 19.5 Å². The summed E-state index contributed by atoms with van der Waals surface area (Å²) in [6.07, 6.45) is 2.12. The van der Waals surface area contributed by atoms with Crippen LogP contribution in [0.5, 0.6) is 0 Å². The monoisotopic (exact) mass is 357 g/mol. The van der Waals surface area contributed by atoms with Crippen molar-refractivity contribution < 1.29 is 9.26 Å². The second-order valence-corrected chi connectivity index (χ2v) is 8.32. The van der Waals surface area contributed by atoms with Crippen molar-refractivity contribution in [2.24, 2.45) is 5.92 Å². The van der Waals surface area contributed by atoms with Crippen LogP contribution in [-0.4, -0.2) is 32.2 Å². The molecule has 3 rings (SSSR count). The van der Waals surface area contributed by atoms with Crippen molar-refractivity contribution in [1.29, 1.82) is 0 Å². The van der Waals surface area contributed by atoms with Crippen molar-refractivity contribution in [2.75, 3.05) is 12.3 Å². The van der Waals surface area contributed by atoms with Gasteiger partial charge in [0.05, 0.1) is 0 Å². The molecule has 3 N–H and O–H groups in total. The Labute approximate surface area is 130 Å². The number of nitrogens with zero attached hydrogens (tertiary/aromatic N) is 3. The first-order valence-electron chi connectivity index (χ1n) is 6.64. The van der Waals surface area contributed by atoms with E-state index in [0.29, 0.717) is 18.2 Å². The SMILES string of the molecule is CC1C[C@H](n2cnc3c(=O)[nH]c(N)nc32)O[C@@H]1COP=P#P. The number of aromatic nitrogens is 4. The number of imidazole rings is 1. The van der Waals surface area contributed by atoms with Gasteiger partial charge in [0.2, 0.25) is 0 Å². The number of nitrogen functional groups attached to an aromatic ring is 1. The summed E-state index contributed by atoms with van der Waals surface area (Å²) >= 11 is 0. The molecule has 0 spiro atoms. The third kappa shape index (κ3) is 3.12. The van der Waals surface area contributed by atoms with Crippen LogP contribution in [0.2, 0.25) is 0 Å². The molecular formula is C11H14N5O3P3. The van der Waals surface area contributed by atoms with Crippen molar-refractivity contribution in [3.05, 3.63) is 16.7 Å². The topological polar surface area (TPSA) is 108 Å². The van der Waals surface area contributed by atoms with Crippen molar-refractivity contribution in [3.63, 3.8) is 0 Å². The van der Waals surface area contributed by atoms with Crippen LogP contribution in [0, 0.1) is 5.92 Å². The number of H-pyrrole nitrogens is 1. The maximum absolute atomic E-state index is 11.8. The molecular weight excluding hydrogens is 343 g/mol. The molecule has 0 aliphatic carbocycles. The van der Waals surface area contributed by atoms with E-state index in [1.165, 1.54) is 0 Å². The summed E-state index contributed by atoms with van der Waals surface area (Å²) < 4.78 is 13.3. The minimum absolute atomic E-state index is 0.00984. The summed E-state index contributed by atoms with van der Waals surface area (Å²) in [5.41, 5.74) is 5.96. The second kappa shape index (κ2) is 6.77. The Morgan fingerprint density at radius 1 is 1.68 bits per heavy atom. The van der Waals surface area contributed by atoms with E-state index in [1.807, 2.05) is 0 Å². The van der Waals surface area contributed by atoms with Crippen LogP contribution in [-0.2, 0) is 9.26 Å². The number of nitrogens with one attached hydrogen (secondary N) is 1. The zero-order chi connectivity index (χ0) is 15.7. The van der Waals surface area contributed by atoms with E-state index in [9.17, 15) is 4.79 Å². The molecule has 1 aliphatic heterocycles. The number of aromatic amines is 1. The summed E-state index contributed by atoms with van der Waals surface area (Å²) in [7, 11) is 4.88. The van der Waals surface area contributed by atoms with Gasteiger partial charge >= 0.3 is 130 Å². The standard InChI is InChI=1S/C11H14N5O3P3/c1-5-2-7(19-6(5)3-18-21-22-20)16-4-13-8-9(16)14-11(12)15-10(8)17/h4-7H,2-3H2,1H3,(H3,12,14,15,17)/t5?,6-,7-/m1/s1. The number of rotatable bonds is 4. The number of nitrogens with two attached hydrogens (primary N) is 1. The molecule has 0 saturated carbocycles. The first-order chi connectivity index (χ1) is 10.6. The Kier molecular flexibility index (Phi) is 4.96. The molecule has 11 heteroatoms. The van der Waals surface area contributed by atoms with Crippen molar-refractivity contribution in [3.8, 4) is 0 Å². The third-order valence-electron chi connectivity index (χ3n) is 3.63. The molecule has 22 heavy (non-hydrogen) atoms. The second-order valence-electron chi connectivity index (χ2n) is 5.08. The van der Waals surface area contributed by atoms with Gasteiger partial charge in [0.25, 0.3) is 0 Å². The maximum atomic E-state index is 11.8. The van der Waals surface area contributed by atoms with Crippen LogP contribution >= 0.6 is 23.4 Å². The normalized spacial score (nSPS) is 25.0. The number of hydrogen-bond donors (Lipinski definition) is 2. The van der Waals surface area contributed by atoms with Gasteiger partial charge in [0.15, 0.2) is 0 Å². The van der Waals surface area contributed by atoms with Gasteiger partial charge in [0.1, 0.15) is 0 Å². The predicted octanol–water partition coefficient (Wildman–Crippen LogP) is 2.69. The van der Waals surface area contributed by atoms with Gasteiger partial charge < -0.3 is 0 Å². The van der Waals surface area contributed by atoms with Gasteiger partial charge in [-0.2, -0.15) is 0 Å². The first kappa shape index (κ1) is 16.1. The molecule has 1 saturated heterocycles. The predicted molar refractivity (Wildman–Crippen MR) is 87.0 cm³/mol. The Morgan fingerprint density at radius 2 is 2.50 bits per heavy atom. The molecule has 0 bridgehead atoms. The van der Waals surface area contributed by atoms with Gasteiger partial charge in [0, 0.05) is 0 Å². The average molecular weight is 357 g/mol. The quantitative estimate of drug-likeness (QED) is 0.815. The molecule has 8 nitrogen and oxygen atoms in total. The van der Waals surface area contributed by atoms with Crippen LogP contribution in [0.4, 0.5) is 5.95 Å². The van der Waals surface area contributed by atoms with E-state index < -0.39 is 0 Å². The first-order valence-corrected chi connectivity index (χ1v) is 10.2. The van der Waals surface area contributed by atoms with E-state index in [4.69, 9.17) is 15.0 Å². The minimum atomic E-state index is -0.348. The van der Waals surface area contributed by atoms with Gasteiger partial charge in [-0.25, -0.2) is 0 Å². The van der Waals surface area contributed by atoms with Crippen molar-refractivity contribution >= 4 is 40.5 Å². The van der Waals surface area contributed by atoms with Gasteiger partial charge in [-0.1, -0.05) is 0 Å². The van der Waals surface area contributed by atoms with Gasteiger partial charge in [-0.05, 0) is 0 Å². The van der Waals surface area contributed by atoms with Crippen LogP contribution in [0.15, 0.2) is 11.1 Å². The molecule has 0 amide bonds. The summed E-state index contributed by atoms with van der Waals surface area (Å²) in [5, 5.41) is 0. The number of anilines is 1. The molecule has 1 unspecified atom stereocenters. The average Bonchev–Trinajstić information content (AvgIpc) is 3.03. The fourth-order valence-corrected chi connectivity index (χ4v) is 3.62. The van der Waals surface area contributed by atoms with Crippen LogP contribution in [0.3, 0.4) is 0 Å². The molecule has 3 atom stereocenters. The Balaban J connectivity index is 1.87. The number of fused-ring (bicyclic) bond motifs is 1. The third-order valence-corrected chi connectivity index (χ3v) is 5.19. The summed E-state index contributed by atoms with van der Waals surface area (Å²) in [6, 6.07) is 0. The molecule has 116 valence electrons. The molecule has 1 aliphatic rings. The zero-order valence-corrected chi connectivity index (χ0v) is 14.4. The Hall–Kier alpha value is -0.770. The van der Waals surface area contributed by atoms with E-state index in [2.05, 4.69) is 30.2 Å². The summed E-state index contributed by atoms with van der Waals surface area (Å²) in [4.78, 5) is 22.5. The molecule has 2 aromatic rings. The van der Waals surface area contributed by atoms with Gasteiger partial charge in [-0.15, -0.1) is 0 Å². The number of hydrogen-bond acceptors (Lipinski definition) is 6. The molecule has 2 aromatic heterocycles. The van der Waals surface area contributed by atoms with Crippen LogP contribution in [0.25, 0.3) is 11.2 Å². The molecule has 3 heterocycles. The fraction of sp³-hybridized carbons (Fsp3) is 0.545. The molecule has 1 fully saturated rings. The molecule has 0 radical (unpaired) electrons. The summed E-state index contributed by atoms with van der Waals surface area (Å²) in [5.74, 6) is 0.394. The Bertz CT molecular complexity index is 848. The van der Waals surface area contributed by atoms with E-state index in [0.717, 1.165) is 21.5 Å². The molecule has 0 aromatic carbocycles. The van der Waals surface area contributed by atoms with E-state index in [-0.39, 0.29) is 29.4 Å². The fourth-order valence-electron chi connectivity index (χ4n) is 2.53. The van der Waals surface area contributed by atoms with E-state index >= 15 is 0 Å². The van der Waals surface area contributed by atoms with Gasteiger partial charge in [-0.3, -0.25) is 0 Å². The van der Waals surface area contributed by atoms with Crippen LogP contribution in [0.1, 0.15) is 19.6 Å². The summed E-state index contributed by atoms with van der Waals surface area (Å²) in [6.45, 7) is 3.49.